The first-order valence-corrected chi connectivity index (χ1v) is 9.79. The van der Waals surface area contributed by atoms with Gasteiger partial charge in [-0.25, -0.2) is 18.0 Å². The number of alkyl halides is 2. The third-order valence-electron chi connectivity index (χ3n) is 3.82. The number of rotatable bonds is 5. The summed E-state index contributed by atoms with van der Waals surface area (Å²) in [6.45, 7) is 1.97. The van der Waals surface area contributed by atoms with E-state index in [1.807, 2.05) is 4.90 Å². The van der Waals surface area contributed by atoms with E-state index in [1.165, 1.54) is 23.7 Å². The van der Waals surface area contributed by atoms with Crippen molar-refractivity contribution in [3.63, 3.8) is 0 Å². The quantitative estimate of drug-likeness (QED) is 0.726. The third-order valence-corrected chi connectivity index (χ3v) is 5.69. The zero-order valence-corrected chi connectivity index (χ0v) is 15.7. The van der Waals surface area contributed by atoms with Gasteiger partial charge in [-0.15, -0.1) is 11.8 Å². The molecule has 1 aliphatic rings. The van der Waals surface area contributed by atoms with Gasteiger partial charge in [0.2, 0.25) is 17.5 Å². The van der Waals surface area contributed by atoms with Gasteiger partial charge in [0.15, 0.2) is 0 Å². The topological polar surface area (TPSA) is 87.4 Å². The molecule has 0 spiro atoms. The van der Waals surface area contributed by atoms with Crippen molar-refractivity contribution in [3.8, 4) is 0 Å². The van der Waals surface area contributed by atoms with Crippen molar-refractivity contribution < 1.29 is 18.0 Å². The number of carbonyl (C=O) groups is 1. The van der Waals surface area contributed by atoms with E-state index in [4.69, 9.17) is 5.73 Å². The van der Waals surface area contributed by atoms with Gasteiger partial charge < -0.3 is 20.9 Å². The van der Waals surface area contributed by atoms with Crippen LogP contribution in [-0.2, 0) is 0 Å². The summed E-state index contributed by atoms with van der Waals surface area (Å²) in [5.41, 5.74) is 5.71. The van der Waals surface area contributed by atoms with E-state index in [-0.39, 0.29) is 11.6 Å². The average molecular weight is 418 g/mol. The molecule has 2 heterocycles. The summed E-state index contributed by atoms with van der Waals surface area (Å²) in [4.78, 5) is 20.6. The van der Waals surface area contributed by atoms with E-state index < -0.39 is 24.0 Å². The molecular weight excluding hydrogens is 401 g/mol. The van der Waals surface area contributed by atoms with Gasteiger partial charge in [0.05, 0.1) is 11.4 Å². The van der Waals surface area contributed by atoms with Gasteiger partial charge in [-0.05, 0) is 18.2 Å². The molecule has 0 saturated carbocycles. The van der Waals surface area contributed by atoms with Crippen LogP contribution in [0.1, 0.15) is 0 Å². The van der Waals surface area contributed by atoms with Crippen LogP contribution in [0.2, 0.25) is 0 Å². The number of benzene rings is 1. The Bertz CT molecular complexity index is 798. The Hall–Kier alpha value is -2.21. The average Bonchev–Trinajstić information content (AvgIpc) is 3.07. The molecule has 1 aromatic heterocycles. The molecule has 2 amide bonds. The molecule has 1 aliphatic heterocycles. The summed E-state index contributed by atoms with van der Waals surface area (Å²) >= 11 is 2.06. The normalized spacial score (nSPS) is 14.7. The molecule has 1 fully saturated rings. The molecule has 3 N–H and O–H groups in total. The first kappa shape index (κ1) is 19.5. The van der Waals surface area contributed by atoms with Crippen LogP contribution in [-0.4, -0.2) is 58.6 Å². The number of urea groups is 1. The Balaban J connectivity index is 1.60. The number of piperazine rings is 1. The van der Waals surface area contributed by atoms with Crippen molar-refractivity contribution >= 4 is 46.1 Å². The molecule has 146 valence electrons. The molecule has 0 atom stereocenters. The molecule has 0 unspecified atom stereocenters. The lowest BCUT2D eigenvalue weighted by molar-refractivity contribution is 0.177. The monoisotopic (exact) mass is 418 g/mol. The number of carbonyl (C=O) groups excluding carboxylic acids is 1. The number of aromatic nitrogens is 2. The smallest absolute Gasteiger partial charge is 0.322 e. The SMILES string of the molecule is Nc1nsc(N2CCN(C(=O)Nc3cc(F)ccc3SCC(F)F)CC2)n1. The van der Waals surface area contributed by atoms with Crippen LogP contribution in [0.3, 0.4) is 0 Å². The number of amides is 2. The van der Waals surface area contributed by atoms with Crippen LogP contribution in [0.4, 0.5) is 34.7 Å². The number of halogens is 3. The summed E-state index contributed by atoms with van der Waals surface area (Å²) in [6, 6.07) is 3.29. The minimum atomic E-state index is -2.49. The maximum atomic E-state index is 13.5. The van der Waals surface area contributed by atoms with Crippen LogP contribution in [0, 0.1) is 5.82 Å². The zero-order valence-electron chi connectivity index (χ0n) is 14.1. The lowest BCUT2D eigenvalue weighted by Crippen LogP contribution is -2.50. The van der Waals surface area contributed by atoms with Crippen LogP contribution in [0.5, 0.6) is 0 Å². The summed E-state index contributed by atoms with van der Waals surface area (Å²) in [7, 11) is 0. The Morgan fingerprint density at radius 3 is 2.70 bits per heavy atom. The number of hydrogen-bond acceptors (Lipinski definition) is 7. The third kappa shape index (κ3) is 5.16. The molecule has 0 bridgehead atoms. The number of thioether (sulfide) groups is 1. The molecule has 0 aliphatic carbocycles. The minimum absolute atomic E-state index is 0.185. The van der Waals surface area contributed by atoms with Gasteiger partial charge >= 0.3 is 6.03 Å². The van der Waals surface area contributed by atoms with Gasteiger partial charge in [0, 0.05) is 42.6 Å². The highest BCUT2D eigenvalue weighted by molar-refractivity contribution is 7.99. The van der Waals surface area contributed by atoms with E-state index in [0.29, 0.717) is 36.2 Å². The molecule has 7 nitrogen and oxygen atoms in total. The van der Waals surface area contributed by atoms with E-state index in [1.54, 1.807) is 4.90 Å². The molecule has 12 heteroatoms. The maximum Gasteiger partial charge on any atom is 0.322 e. The number of nitrogens with two attached hydrogens (primary N) is 1. The van der Waals surface area contributed by atoms with Gasteiger partial charge in [0.1, 0.15) is 5.82 Å². The van der Waals surface area contributed by atoms with Crippen molar-refractivity contribution in [2.75, 3.05) is 47.9 Å². The highest BCUT2D eigenvalue weighted by atomic mass is 32.2. The van der Waals surface area contributed by atoms with Crippen LogP contribution in [0.15, 0.2) is 23.1 Å². The maximum absolute atomic E-state index is 13.5. The fraction of sp³-hybridized carbons (Fsp3) is 0.400. The molecule has 27 heavy (non-hydrogen) atoms. The Morgan fingerprint density at radius 1 is 1.33 bits per heavy atom. The number of hydrogen-bond donors (Lipinski definition) is 2. The number of nitrogens with one attached hydrogen (secondary N) is 1. The zero-order chi connectivity index (χ0) is 19.4. The molecule has 0 radical (unpaired) electrons. The fourth-order valence-corrected chi connectivity index (χ4v) is 3.91. The van der Waals surface area contributed by atoms with E-state index in [9.17, 15) is 18.0 Å². The molecule has 2 aromatic rings. The summed E-state index contributed by atoms with van der Waals surface area (Å²) in [5.74, 6) is -0.765. The lowest BCUT2D eigenvalue weighted by atomic mass is 10.3. The van der Waals surface area contributed by atoms with Crippen molar-refractivity contribution in [3.05, 3.63) is 24.0 Å². The molecule has 3 rings (SSSR count). The van der Waals surface area contributed by atoms with Crippen LogP contribution >= 0.6 is 23.3 Å². The second kappa shape index (κ2) is 8.65. The van der Waals surface area contributed by atoms with Gasteiger partial charge in [-0.1, -0.05) is 0 Å². The Labute approximate surface area is 161 Å². The summed E-state index contributed by atoms with van der Waals surface area (Å²) in [6.07, 6.45) is -2.49. The number of nitrogen functional groups attached to an aromatic ring is 1. The van der Waals surface area contributed by atoms with Gasteiger partial charge in [0.25, 0.3) is 0 Å². The van der Waals surface area contributed by atoms with Crippen molar-refractivity contribution in [1.82, 2.24) is 14.3 Å². The first-order valence-electron chi connectivity index (χ1n) is 8.03. The minimum Gasteiger partial charge on any atom is -0.367 e. The van der Waals surface area contributed by atoms with E-state index in [2.05, 4.69) is 14.7 Å². The van der Waals surface area contributed by atoms with Gasteiger partial charge in [-0.2, -0.15) is 9.36 Å². The number of nitrogens with zero attached hydrogens (tertiary/aromatic N) is 4. The second-order valence-corrected chi connectivity index (χ2v) is 7.47. The number of anilines is 3. The summed E-state index contributed by atoms with van der Waals surface area (Å²) in [5, 5.41) is 3.32. The predicted molar refractivity (Wildman–Crippen MR) is 100 cm³/mol. The fourth-order valence-electron chi connectivity index (χ4n) is 2.53. The molecule has 1 aromatic carbocycles. The highest BCUT2D eigenvalue weighted by Gasteiger charge is 2.24. The lowest BCUT2D eigenvalue weighted by Gasteiger charge is -2.34. The van der Waals surface area contributed by atoms with E-state index in [0.717, 1.165) is 17.8 Å². The first-order chi connectivity index (χ1) is 12.9. The standard InChI is InChI=1S/C15H17F3N6OS2/c16-9-1-2-11(26-8-12(17)18)10(7-9)20-14(25)23-3-5-24(6-4-23)15-21-13(19)22-27-15/h1-2,7,12H,3-6,8H2,(H2,19,22)(H,20,25). The van der Waals surface area contributed by atoms with Crippen molar-refractivity contribution in [1.29, 1.82) is 0 Å². The van der Waals surface area contributed by atoms with Crippen LogP contribution < -0.4 is 16.0 Å². The predicted octanol–water partition coefficient (Wildman–Crippen LogP) is 2.97. The highest BCUT2D eigenvalue weighted by Crippen LogP contribution is 2.29. The van der Waals surface area contributed by atoms with E-state index >= 15 is 0 Å². The van der Waals surface area contributed by atoms with Crippen LogP contribution in [0.25, 0.3) is 0 Å². The Kier molecular flexibility index (Phi) is 6.26. The molecule has 1 saturated heterocycles. The summed E-state index contributed by atoms with van der Waals surface area (Å²) < 4.78 is 42.4. The molecular formula is C15H17F3N6OS2. The Morgan fingerprint density at radius 2 is 2.07 bits per heavy atom. The van der Waals surface area contributed by atoms with Gasteiger partial charge in [-0.3, -0.25) is 0 Å². The second-order valence-electron chi connectivity index (χ2n) is 5.68. The van der Waals surface area contributed by atoms with Crippen molar-refractivity contribution in [2.24, 2.45) is 0 Å². The largest absolute Gasteiger partial charge is 0.367 e. The van der Waals surface area contributed by atoms with Crippen molar-refractivity contribution in [2.45, 2.75) is 11.3 Å².